The fraction of sp³-hybridized carbons (Fsp3) is 0.667. The lowest BCUT2D eigenvalue weighted by Gasteiger charge is -1.85. The van der Waals surface area contributed by atoms with Crippen LogP contribution in [0.1, 0.15) is 0 Å². The highest BCUT2D eigenvalue weighted by atomic mass is 127. The first-order valence-electron chi connectivity index (χ1n) is 1.53. The molecular formula is C3H5IO2. The van der Waals surface area contributed by atoms with Crippen LogP contribution in [0, 0.1) is 0 Å². The van der Waals surface area contributed by atoms with Crippen molar-refractivity contribution < 1.29 is 9.53 Å². The summed E-state index contributed by atoms with van der Waals surface area (Å²) >= 11 is 2.13. The predicted molar refractivity (Wildman–Crippen MR) is 30.9 cm³/mol. The Kier molecular flexibility index (Phi) is 5.37. The molecule has 0 bridgehead atoms. The Hall–Kier alpha value is 0.200. The standard InChI is InChI=1S/C3H5IO2/c4-1-2-6-3-5/h3H,1-2H2. The van der Waals surface area contributed by atoms with Crippen LogP contribution < -0.4 is 0 Å². The lowest BCUT2D eigenvalue weighted by atomic mass is 10.9. The lowest BCUT2D eigenvalue weighted by Crippen LogP contribution is -1.89. The molecule has 0 saturated heterocycles. The Bertz CT molecular complexity index is 37.8. The third kappa shape index (κ3) is 4.20. The largest absolute Gasteiger partial charge is 0.467 e. The topological polar surface area (TPSA) is 26.3 Å². The molecule has 0 aromatic carbocycles. The lowest BCUT2D eigenvalue weighted by molar-refractivity contribution is -0.128. The quantitative estimate of drug-likeness (QED) is 0.288. The maximum Gasteiger partial charge on any atom is 0.293 e. The minimum absolute atomic E-state index is 0.457. The van der Waals surface area contributed by atoms with Crippen molar-refractivity contribution in [3.8, 4) is 0 Å². The molecular weight excluding hydrogens is 195 g/mol. The summed E-state index contributed by atoms with van der Waals surface area (Å²) in [4.78, 5) is 9.34. The highest BCUT2D eigenvalue weighted by Crippen LogP contribution is 1.77. The molecule has 0 heterocycles. The minimum atomic E-state index is 0.457. The fourth-order valence-corrected chi connectivity index (χ4v) is 0.347. The second-order valence-electron chi connectivity index (χ2n) is 0.656. The van der Waals surface area contributed by atoms with E-state index in [-0.39, 0.29) is 0 Å². The van der Waals surface area contributed by atoms with Crippen molar-refractivity contribution in [1.29, 1.82) is 0 Å². The summed E-state index contributed by atoms with van der Waals surface area (Å²) in [5.74, 6) is 0. The van der Waals surface area contributed by atoms with Crippen molar-refractivity contribution in [2.45, 2.75) is 0 Å². The highest BCUT2D eigenvalue weighted by Gasteiger charge is 1.73. The van der Waals surface area contributed by atoms with Crippen LogP contribution in [0.25, 0.3) is 0 Å². The Morgan fingerprint density at radius 2 is 2.50 bits per heavy atom. The van der Waals surface area contributed by atoms with Gasteiger partial charge in [-0.3, -0.25) is 4.79 Å². The van der Waals surface area contributed by atoms with Crippen LogP contribution in [0.15, 0.2) is 0 Å². The van der Waals surface area contributed by atoms with Gasteiger partial charge in [0, 0.05) is 4.43 Å². The molecule has 0 fully saturated rings. The molecule has 0 aliphatic carbocycles. The molecule has 6 heavy (non-hydrogen) atoms. The van der Waals surface area contributed by atoms with Gasteiger partial charge < -0.3 is 4.74 Å². The molecule has 0 aromatic heterocycles. The molecule has 0 N–H and O–H groups in total. The zero-order chi connectivity index (χ0) is 4.83. The molecule has 0 aliphatic rings. The van der Waals surface area contributed by atoms with E-state index in [1.165, 1.54) is 0 Å². The zero-order valence-electron chi connectivity index (χ0n) is 3.19. The van der Waals surface area contributed by atoms with Crippen molar-refractivity contribution in [3.05, 3.63) is 0 Å². The van der Waals surface area contributed by atoms with Crippen LogP contribution in [0.3, 0.4) is 0 Å². The second kappa shape index (κ2) is 5.20. The van der Waals surface area contributed by atoms with E-state index >= 15 is 0 Å². The van der Waals surface area contributed by atoms with Crippen LogP contribution in [0.2, 0.25) is 0 Å². The summed E-state index contributed by atoms with van der Waals surface area (Å²) in [5, 5.41) is 0. The summed E-state index contributed by atoms with van der Waals surface area (Å²) in [5.41, 5.74) is 0. The van der Waals surface area contributed by atoms with E-state index in [2.05, 4.69) is 27.3 Å². The Morgan fingerprint density at radius 3 is 2.67 bits per heavy atom. The smallest absolute Gasteiger partial charge is 0.293 e. The third-order valence-electron chi connectivity index (χ3n) is 0.263. The van der Waals surface area contributed by atoms with Gasteiger partial charge in [-0.1, -0.05) is 22.6 Å². The first-order valence-corrected chi connectivity index (χ1v) is 3.05. The SMILES string of the molecule is O=COCCI. The Labute approximate surface area is 50.0 Å². The average Bonchev–Trinajstić information content (AvgIpc) is 1.61. The van der Waals surface area contributed by atoms with Gasteiger partial charge in [-0.2, -0.15) is 0 Å². The molecule has 0 amide bonds. The number of hydrogen-bond donors (Lipinski definition) is 0. The Morgan fingerprint density at radius 1 is 1.83 bits per heavy atom. The summed E-state index contributed by atoms with van der Waals surface area (Å²) < 4.78 is 5.17. The first-order chi connectivity index (χ1) is 2.91. The second-order valence-corrected chi connectivity index (χ2v) is 1.73. The van der Waals surface area contributed by atoms with Gasteiger partial charge in [-0.15, -0.1) is 0 Å². The van der Waals surface area contributed by atoms with E-state index in [0.717, 1.165) is 4.43 Å². The number of hydrogen-bond acceptors (Lipinski definition) is 2. The Balaban J connectivity index is 2.49. The molecule has 36 valence electrons. The molecule has 0 aromatic rings. The monoisotopic (exact) mass is 200 g/mol. The van der Waals surface area contributed by atoms with E-state index in [1.54, 1.807) is 0 Å². The average molecular weight is 200 g/mol. The predicted octanol–water partition coefficient (Wildman–Crippen LogP) is 0.594. The van der Waals surface area contributed by atoms with Crippen LogP contribution in [-0.2, 0) is 9.53 Å². The third-order valence-corrected chi connectivity index (χ3v) is 0.703. The van der Waals surface area contributed by atoms with Crippen molar-refractivity contribution >= 4 is 29.1 Å². The molecule has 0 aliphatic heterocycles. The molecule has 0 rings (SSSR count). The van der Waals surface area contributed by atoms with Gasteiger partial charge in [-0.25, -0.2) is 0 Å². The van der Waals surface area contributed by atoms with Gasteiger partial charge in [0.1, 0.15) is 0 Å². The van der Waals surface area contributed by atoms with Crippen molar-refractivity contribution in [3.63, 3.8) is 0 Å². The van der Waals surface area contributed by atoms with Crippen LogP contribution in [0.4, 0.5) is 0 Å². The summed E-state index contributed by atoms with van der Waals surface area (Å²) in [7, 11) is 0. The van der Waals surface area contributed by atoms with Gasteiger partial charge in [-0.05, 0) is 0 Å². The van der Waals surface area contributed by atoms with E-state index in [9.17, 15) is 4.79 Å². The molecule has 3 heteroatoms. The number of halogens is 1. The van der Waals surface area contributed by atoms with Crippen molar-refractivity contribution in [2.75, 3.05) is 11.0 Å². The van der Waals surface area contributed by atoms with E-state index in [1.807, 2.05) is 0 Å². The molecule has 0 unspecified atom stereocenters. The minimum Gasteiger partial charge on any atom is -0.467 e. The maximum absolute atomic E-state index is 9.34. The van der Waals surface area contributed by atoms with E-state index in [4.69, 9.17) is 0 Å². The molecule has 0 radical (unpaired) electrons. The van der Waals surface area contributed by atoms with Gasteiger partial charge in [0.05, 0.1) is 6.61 Å². The maximum atomic E-state index is 9.34. The van der Waals surface area contributed by atoms with E-state index in [0.29, 0.717) is 13.1 Å². The normalized spacial score (nSPS) is 7.50. The number of rotatable bonds is 3. The summed E-state index contributed by atoms with van der Waals surface area (Å²) in [6, 6.07) is 0. The molecule has 2 nitrogen and oxygen atoms in total. The summed E-state index contributed by atoms with van der Waals surface area (Å²) in [6.45, 7) is 0.989. The fourth-order valence-electron chi connectivity index (χ4n) is 0.0927. The van der Waals surface area contributed by atoms with Gasteiger partial charge in [0.15, 0.2) is 0 Å². The van der Waals surface area contributed by atoms with Gasteiger partial charge in [0.25, 0.3) is 6.47 Å². The molecule has 0 saturated carbocycles. The van der Waals surface area contributed by atoms with Crippen LogP contribution in [-0.4, -0.2) is 17.5 Å². The number of carbonyl (C=O) groups is 1. The highest BCUT2D eigenvalue weighted by molar-refractivity contribution is 14.1. The summed E-state index contributed by atoms with van der Waals surface area (Å²) in [6.07, 6.45) is 0. The van der Waals surface area contributed by atoms with Crippen molar-refractivity contribution in [1.82, 2.24) is 0 Å². The number of alkyl halides is 1. The van der Waals surface area contributed by atoms with E-state index < -0.39 is 0 Å². The zero-order valence-corrected chi connectivity index (χ0v) is 5.34. The number of ether oxygens (including phenoxy) is 1. The molecule has 0 atom stereocenters. The van der Waals surface area contributed by atoms with Crippen molar-refractivity contribution in [2.24, 2.45) is 0 Å². The van der Waals surface area contributed by atoms with Gasteiger partial charge in [0.2, 0.25) is 0 Å². The molecule has 0 spiro atoms. The van der Waals surface area contributed by atoms with Gasteiger partial charge >= 0.3 is 0 Å². The first kappa shape index (κ1) is 6.20. The van der Waals surface area contributed by atoms with Crippen LogP contribution >= 0.6 is 22.6 Å². The van der Waals surface area contributed by atoms with Crippen LogP contribution in [0.5, 0.6) is 0 Å². The number of carbonyl (C=O) groups excluding carboxylic acids is 1.